The molecule has 2 aliphatic heterocycles. The number of carbonyl (C=O) groups is 3. The number of hydrogen-bond donors (Lipinski definition) is 1. The van der Waals surface area contributed by atoms with Crippen LogP contribution in [0.4, 0.5) is 4.79 Å². The number of allylic oxidation sites excluding steroid dienone is 2. The zero-order chi connectivity index (χ0) is 18.5. The van der Waals surface area contributed by atoms with Crippen LogP contribution in [0.15, 0.2) is 23.1 Å². The predicted molar refractivity (Wildman–Crippen MR) is 102 cm³/mol. The van der Waals surface area contributed by atoms with Gasteiger partial charge in [-0.3, -0.25) is 4.79 Å². The standard InChI is InChI=1S/C19H25N3O3S/c1-2-11-21-18(24)17-15(9-12-26-17)22(19(21)25)13-16(23)20-10-8-14-6-4-3-5-7-14/h6,9,12,17H,2-5,7-8,10-11,13H2,1H3/p+1. The number of amides is 4. The summed E-state index contributed by atoms with van der Waals surface area (Å²) in [6.45, 7) is 2.86. The van der Waals surface area contributed by atoms with Gasteiger partial charge in [0.2, 0.25) is 0 Å². The number of nitrogens with one attached hydrogen (secondary N) is 1. The summed E-state index contributed by atoms with van der Waals surface area (Å²) in [5.41, 5.74) is 2.04. The maximum absolute atomic E-state index is 12.7. The summed E-state index contributed by atoms with van der Waals surface area (Å²) < 4.78 is 1.45. The molecule has 0 aromatic rings. The van der Waals surface area contributed by atoms with E-state index in [-0.39, 0.29) is 24.4 Å². The summed E-state index contributed by atoms with van der Waals surface area (Å²) in [6, 6.07) is -0.389. The SMILES string of the molecule is CCCN1C(=O)C2SC=CC2=[N+](CC(=O)NCCC2=CCCCC2)C1=O. The Kier molecular flexibility index (Phi) is 6.29. The highest BCUT2D eigenvalue weighted by molar-refractivity contribution is 8.04. The van der Waals surface area contributed by atoms with Gasteiger partial charge >= 0.3 is 11.9 Å². The van der Waals surface area contributed by atoms with E-state index in [0.717, 1.165) is 19.3 Å². The van der Waals surface area contributed by atoms with Crippen molar-refractivity contribution in [2.75, 3.05) is 19.6 Å². The van der Waals surface area contributed by atoms with Crippen LogP contribution in [0, 0.1) is 0 Å². The Hall–Kier alpha value is -1.89. The molecule has 0 aromatic heterocycles. The molecule has 3 rings (SSSR count). The summed E-state index contributed by atoms with van der Waals surface area (Å²) in [4.78, 5) is 38.8. The molecule has 0 spiro atoms. The van der Waals surface area contributed by atoms with Crippen molar-refractivity contribution in [3.05, 3.63) is 23.1 Å². The predicted octanol–water partition coefficient (Wildman–Crippen LogP) is 2.45. The van der Waals surface area contributed by atoms with E-state index in [4.69, 9.17) is 0 Å². The summed E-state index contributed by atoms with van der Waals surface area (Å²) in [7, 11) is 0. The first-order chi connectivity index (χ1) is 12.6. The van der Waals surface area contributed by atoms with Crippen molar-refractivity contribution < 1.29 is 19.0 Å². The molecule has 1 aliphatic carbocycles. The third-order valence-electron chi connectivity index (χ3n) is 4.89. The van der Waals surface area contributed by atoms with E-state index >= 15 is 0 Å². The van der Waals surface area contributed by atoms with Gasteiger partial charge in [-0.1, -0.05) is 18.6 Å². The first-order valence-electron chi connectivity index (χ1n) is 9.38. The van der Waals surface area contributed by atoms with E-state index in [2.05, 4.69) is 11.4 Å². The van der Waals surface area contributed by atoms with Crippen LogP contribution < -0.4 is 5.32 Å². The molecule has 0 saturated heterocycles. The zero-order valence-corrected chi connectivity index (χ0v) is 16.0. The second-order valence-electron chi connectivity index (χ2n) is 6.81. The van der Waals surface area contributed by atoms with Gasteiger partial charge in [0.25, 0.3) is 5.91 Å². The van der Waals surface area contributed by atoms with Crippen molar-refractivity contribution in [2.24, 2.45) is 0 Å². The van der Waals surface area contributed by atoms with Crippen molar-refractivity contribution in [3.8, 4) is 0 Å². The van der Waals surface area contributed by atoms with Gasteiger partial charge in [0.15, 0.2) is 11.8 Å². The lowest BCUT2D eigenvalue weighted by molar-refractivity contribution is -0.426. The third-order valence-corrected chi connectivity index (χ3v) is 5.90. The maximum atomic E-state index is 12.7. The number of urea groups is 1. The largest absolute Gasteiger partial charge is 0.501 e. The van der Waals surface area contributed by atoms with E-state index in [1.807, 2.05) is 12.3 Å². The molecular formula is C19H26N3O3S+. The molecule has 0 saturated carbocycles. The van der Waals surface area contributed by atoms with E-state index in [1.165, 1.54) is 39.7 Å². The van der Waals surface area contributed by atoms with Crippen molar-refractivity contribution >= 4 is 35.3 Å². The minimum Gasteiger partial charge on any atom is -0.352 e. The fourth-order valence-corrected chi connectivity index (χ4v) is 4.50. The molecule has 2 heterocycles. The average Bonchev–Trinajstić information content (AvgIpc) is 3.13. The lowest BCUT2D eigenvalue weighted by atomic mass is 9.97. The monoisotopic (exact) mass is 376 g/mol. The van der Waals surface area contributed by atoms with Gasteiger partial charge < -0.3 is 5.32 Å². The molecule has 4 amide bonds. The highest BCUT2D eigenvalue weighted by Crippen LogP contribution is 2.27. The molecule has 0 bridgehead atoms. The molecular weight excluding hydrogens is 350 g/mol. The van der Waals surface area contributed by atoms with Crippen LogP contribution in [0.2, 0.25) is 0 Å². The maximum Gasteiger partial charge on any atom is 0.501 e. The Morgan fingerprint density at radius 2 is 2.23 bits per heavy atom. The molecule has 7 heteroatoms. The number of nitrogens with zero attached hydrogens (tertiary/aromatic N) is 2. The van der Waals surface area contributed by atoms with Gasteiger partial charge in [0.1, 0.15) is 5.71 Å². The Bertz CT molecular complexity index is 696. The topological polar surface area (TPSA) is 69.5 Å². The number of carbonyl (C=O) groups excluding carboxylic acids is 3. The van der Waals surface area contributed by atoms with E-state index in [1.54, 1.807) is 6.08 Å². The smallest absolute Gasteiger partial charge is 0.352 e. The van der Waals surface area contributed by atoms with Gasteiger partial charge in [0.05, 0.1) is 6.54 Å². The molecule has 0 fully saturated rings. The van der Waals surface area contributed by atoms with Crippen LogP contribution in [-0.4, -0.2) is 57.9 Å². The number of fused-ring (bicyclic) bond motifs is 1. The van der Waals surface area contributed by atoms with Gasteiger partial charge in [0, 0.05) is 6.54 Å². The van der Waals surface area contributed by atoms with Gasteiger partial charge in [-0.25, -0.2) is 4.79 Å². The van der Waals surface area contributed by atoms with E-state index < -0.39 is 5.25 Å². The average molecular weight is 377 g/mol. The molecule has 26 heavy (non-hydrogen) atoms. The minimum absolute atomic E-state index is 0.0396. The van der Waals surface area contributed by atoms with Gasteiger partial charge in [-0.2, -0.15) is 14.3 Å². The lowest BCUT2D eigenvalue weighted by Crippen LogP contribution is -2.56. The zero-order valence-electron chi connectivity index (χ0n) is 15.2. The molecule has 6 nitrogen and oxygen atoms in total. The van der Waals surface area contributed by atoms with Crippen LogP contribution in [0.5, 0.6) is 0 Å². The third kappa shape index (κ3) is 4.09. The first kappa shape index (κ1) is 18.9. The van der Waals surface area contributed by atoms with Crippen molar-refractivity contribution in [1.29, 1.82) is 0 Å². The highest BCUT2D eigenvalue weighted by Gasteiger charge is 2.48. The second kappa shape index (κ2) is 8.66. The molecule has 3 aliphatic rings. The quantitative estimate of drug-likeness (QED) is 0.547. The first-order valence-corrected chi connectivity index (χ1v) is 10.3. The fourth-order valence-electron chi connectivity index (χ4n) is 3.53. The van der Waals surface area contributed by atoms with Crippen LogP contribution >= 0.6 is 11.8 Å². The lowest BCUT2D eigenvalue weighted by Gasteiger charge is -2.23. The number of imide groups is 1. The second-order valence-corrected chi connectivity index (χ2v) is 7.83. The Balaban J connectivity index is 1.62. The highest BCUT2D eigenvalue weighted by atomic mass is 32.2. The molecule has 0 radical (unpaired) electrons. The summed E-state index contributed by atoms with van der Waals surface area (Å²) in [6.07, 6.45) is 10.4. The molecule has 0 aromatic carbocycles. The van der Waals surface area contributed by atoms with Crippen LogP contribution in [0.25, 0.3) is 0 Å². The molecule has 1 unspecified atom stereocenters. The fraction of sp³-hybridized carbons (Fsp3) is 0.579. The van der Waals surface area contributed by atoms with Crippen molar-refractivity contribution in [1.82, 2.24) is 10.2 Å². The Morgan fingerprint density at radius 1 is 1.38 bits per heavy atom. The normalized spacial score (nSPS) is 22.6. The Morgan fingerprint density at radius 3 is 2.96 bits per heavy atom. The van der Waals surface area contributed by atoms with Gasteiger partial charge in [-0.05, 0) is 50.0 Å². The molecule has 140 valence electrons. The van der Waals surface area contributed by atoms with Gasteiger partial charge in [-0.15, -0.1) is 11.8 Å². The Labute approximate surface area is 158 Å². The van der Waals surface area contributed by atoms with Crippen LogP contribution in [0.1, 0.15) is 45.4 Å². The number of thioether (sulfide) groups is 1. The molecule has 1 atom stereocenters. The summed E-state index contributed by atoms with van der Waals surface area (Å²) in [5.74, 6) is -0.361. The van der Waals surface area contributed by atoms with Crippen molar-refractivity contribution in [3.63, 3.8) is 0 Å². The minimum atomic E-state index is -0.403. The van der Waals surface area contributed by atoms with Crippen LogP contribution in [0.3, 0.4) is 0 Å². The molecule has 1 N–H and O–H groups in total. The summed E-state index contributed by atoms with van der Waals surface area (Å²) >= 11 is 1.39. The van der Waals surface area contributed by atoms with E-state index in [0.29, 0.717) is 25.2 Å². The van der Waals surface area contributed by atoms with Crippen LogP contribution in [-0.2, 0) is 9.59 Å². The number of rotatable bonds is 7. The number of hydrogen-bond acceptors (Lipinski definition) is 4. The van der Waals surface area contributed by atoms with Crippen molar-refractivity contribution in [2.45, 2.75) is 50.7 Å². The van der Waals surface area contributed by atoms with E-state index in [9.17, 15) is 14.4 Å². The summed E-state index contributed by atoms with van der Waals surface area (Å²) in [5, 5.41) is 4.33.